The van der Waals surface area contributed by atoms with Gasteiger partial charge in [0.1, 0.15) is 5.75 Å². The third kappa shape index (κ3) is 2.96. The van der Waals surface area contributed by atoms with Crippen LogP contribution in [0, 0.1) is 12.8 Å². The van der Waals surface area contributed by atoms with Crippen molar-refractivity contribution in [2.45, 2.75) is 31.6 Å². The molecule has 0 bridgehead atoms. The molecular weight excluding hydrogens is 250 g/mol. The summed E-state index contributed by atoms with van der Waals surface area (Å²) in [5.41, 5.74) is 1.29. The molecule has 2 atom stereocenters. The van der Waals surface area contributed by atoms with Crippen LogP contribution in [-0.2, 0) is 0 Å². The number of phenols is 1. The van der Waals surface area contributed by atoms with Crippen molar-refractivity contribution in [2.75, 3.05) is 6.54 Å². The number of alkyl halides is 1. The zero-order valence-corrected chi connectivity index (χ0v) is 11.2. The Kier molecular flexibility index (Phi) is 4.12. The minimum atomic E-state index is -0.103. The van der Waals surface area contributed by atoms with Crippen molar-refractivity contribution in [3.8, 4) is 5.75 Å². The van der Waals surface area contributed by atoms with Gasteiger partial charge in [0.2, 0.25) is 0 Å². The number of carbonyl (C=O) groups excluding carboxylic acids is 1. The summed E-state index contributed by atoms with van der Waals surface area (Å²) in [7, 11) is 0. The Balaban J connectivity index is 1.93. The molecule has 0 aliphatic heterocycles. The van der Waals surface area contributed by atoms with E-state index >= 15 is 0 Å². The maximum atomic E-state index is 11.9. The Labute approximate surface area is 112 Å². The largest absolute Gasteiger partial charge is 0.508 e. The fourth-order valence-corrected chi connectivity index (χ4v) is 2.71. The van der Waals surface area contributed by atoms with Crippen LogP contribution in [-0.4, -0.2) is 22.9 Å². The molecule has 1 aliphatic carbocycles. The van der Waals surface area contributed by atoms with Crippen molar-refractivity contribution in [3.63, 3.8) is 0 Å². The van der Waals surface area contributed by atoms with Crippen LogP contribution in [0.25, 0.3) is 0 Å². The zero-order chi connectivity index (χ0) is 13.1. The predicted molar refractivity (Wildman–Crippen MR) is 72.2 cm³/mol. The minimum absolute atomic E-state index is 0.103. The highest BCUT2D eigenvalue weighted by molar-refractivity contribution is 6.21. The van der Waals surface area contributed by atoms with Crippen molar-refractivity contribution >= 4 is 17.5 Å². The molecule has 1 saturated carbocycles. The van der Waals surface area contributed by atoms with Crippen molar-refractivity contribution in [1.29, 1.82) is 0 Å². The molecule has 0 aromatic heterocycles. The van der Waals surface area contributed by atoms with Crippen molar-refractivity contribution in [3.05, 3.63) is 29.3 Å². The fraction of sp³-hybridized carbons (Fsp3) is 0.500. The lowest BCUT2D eigenvalue weighted by Crippen LogP contribution is -2.31. The van der Waals surface area contributed by atoms with E-state index in [9.17, 15) is 9.90 Å². The van der Waals surface area contributed by atoms with E-state index < -0.39 is 0 Å². The number of rotatable bonds is 3. The molecule has 1 aromatic rings. The van der Waals surface area contributed by atoms with Crippen molar-refractivity contribution < 1.29 is 9.90 Å². The van der Waals surface area contributed by atoms with E-state index in [2.05, 4.69) is 5.32 Å². The second-order valence-electron chi connectivity index (χ2n) is 4.92. The maximum Gasteiger partial charge on any atom is 0.251 e. The SMILES string of the molecule is Cc1cc(C(=O)NCC2CCCC2Cl)ccc1O. The molecule has 2 unspecified atom stereocenters. The smallest absolute Gasteiger partial charge is 0.251 e. The fourth-order valence-electron chi connectivity index (χ4n) is 2.34. The van der Waals surface area contributed by atoms with Crippen LogP contribution in [0.1, 0.15) is 35.2 Å². The molecule has 98 valence electrons. The molecule has 0 spiro atoms. The molecule has 0 heterocycles. The standard InChI is InChI=1S/C14H18ClNO2/c1-9-7-10(5-6-13(9)17)14(18)16-8-11-3-2-4-12(11)15/h5-7,11-12,17H,2-4,8H2,1H3,(H,16,18). The molecule has 1 aliphatic rings. The van der Waals surface area contributed by atoms with E-state index in [1.165, 1.54) is 0 Å². The molecule has 1 fully saturated rings. The Morgan fingerprint density at radius 2 is 2.28 bits per heavy atom. The van der Waals surface area contributed by atoms with E-state index in [1.54, 1.807) is 25.1 Å². The number of aryl methyl sites for hydroxylation is 1. The molecule has 1 aromatic carbocycles. The molecule has 4 heteroatoms. The van der Waals surface area contributed by atoms with Gasteiger partial charge in [0.25, 0.3) is 5.91 Å². The number of aromatic hydroxyl groups is 1. The lowest BCUT2D eigenvalue weighted by atomic mass is 10.1. The average Bonchev–Trinajstić information content (AvgIpc) is 2.75. The van der Waals surface area contributed by atoms with Crippen LogP contribution in [0.3, 0.4) is 0 Å². The van der Waals surface area contributed by atoms with Gasteiger partial charge in [-0.25, -0.2) is 0 Å². The van der Waals surface area contributed by atoms with Crippen molar-refractivity contribution in [1.82, 2.24) is 5.32 Å². The number of benzene rings is 1. The zero-order valence-electron chi connectivity index (χ0n) is 10.4. The van der Waals surface area contributed by atoms with Gasteiger partial charge >= 0.3 is 0 Å². The number of hydrogen-bond donors (Lipinski definition) is 2. The van der Waals surface area contributed by atoms with Gasteiger partial charge in [0.05, 0.1) is 0 Å². The Morgan fingerprint density at radius 1 is 1.50 bits per heavy atom. The van der Waals surface area contributed by atoms with Crippen molar-refractivity contribution in [2.24, 2.45) is 5.92 Å². The quantitative estimate of drug-likeness (QED) is 0.828. The topological polar surface area (TPSA) is 49.3 Å². The number of nitrogens with one attached hydrogen (secondary N) is 1. The lowest BCUT2D eigenvalue weighted by molar-refractivity contribution is 0.0947. The molecule has 3 nitrogen and oxygen atoms in total. The predicted octanol–water partition coefficient (Wildman–Crippen LogP) is 2.84. The third-order valence-electron chi connectivity index (χ3n) is 3.55. The monoisotopic (exact) mass is 267 g/mol. The van der Waals surface area contributed by atoms with Gasteiger partial charge in [-0.15, -0.1) is 11.6 Å². The highest BCUT2D eigenvalue weighted by atomic mass is 35.5. The first-order valence-corrected chi connectivity index (χ1v) is 6.73. The van der Waals surface area contributed by atoms with Gasteiger partial charge in [-0.2, -0.15) is 0 Å². The summed E-state index contributed by atoms with van der Waals surface area (Å²) >= 11 is 6.17. The lowest BCUT2D eigenvalue weighted by Gasteiger charge is -2.14. The second kappa shape index (κ2) is 5.61. The van der Waals surface area contributed by atoms with E-state index in [0.29, 0.717) is 23.6 Å². The van der Waals surface area contributed by atoms with Gasteiger partial charge in [0, 0.05) is 17.5 Å². The first kappa shape index (κ1) is 13.2. The Bertz CT molecular complexity index is 447. The van der Waals surface area contributed by atoms with Gasteiger partial charge in [-0.3, -0.25) is 4.79 Å². The third-order valence-corrected chi connectivity index (χ3v) is 4.12. The summed E-state index contributed by atoms with van der Waals surface area (Å²) in [6.07, 6.45) is 3.27. The van der Waals surface area contributed by atoms with E-state index in [1.807, 2.05) is 0 Å². The number of hydrogen-bond acceptors (Lipinski definition) is 2. The molecule has 0 saturated heterocycles. The van der Waals surface area contributed by atoms with Crippen LogP contribution < -0.4 is 5.32 Å². The summed E-state index contributed by atoms with van der Waals surface area (Å²) < 4.78 is 0. The van der Waals surface area contributed by atoms with Crippen LogP contribution in [0.5, 0.6) is 5.75 Å². The first-order chi connectivity index (χ1) is 8.58. The molecule has 18 heavy (non-hydrogen) atoms. The average molecular weight is 268 g/mol. The van der Waals surface area contributed by atoms with E-state index in [0.717, 1.165) is 19.3 Å². The molecule has 2 N–H and O–H groups in total. The summed E-state index contributed by atoms with van der Waals surface area (Å²) in [6, 6.07) is 4.87. The number of phenolic OH excluding ortho intramolecular Hbond substituents is 1. The molecule has 0 radical (unpaired) electrons. The highest BCUT2D eigenvalue weighted by Gasteiger charge is 2.25. The molecular formula is C14H18ClNO2. The maximum absolute atomic E-state index is 11.9. The van der Waals surface area contributed by atoms with E-state index in [4.69, 9.17) is 11.6 Å². The highest BCUT2D eigenvalue weighted by Crippen LogP contribution is 2.29. The summed E-state index contributed by atoms with van der Waals surface area (Å²) in [6.45, 7) is 2.41. The van der Waals surface area contributed by atoms with Gasteiger partial charge < -0.3 is 10.4 Å². The van der Waals surface area contributed by atoms with Gasteiger partial charge in [-0.1, -0.05) is 6.42 Å². The number of carbonyl (C=O) groups is 1. The van der Waals surface area contributed by atoms with Crippen LogP contribution >= 0.6 is 11.6 Å². The second-order valence-corrected chi connectivity index (χ2v) is 5.48. The minimum Gasteiger partial charge on any atom is -0.508 e. The van der Waals surface area contributed by atoms with Crippen LogP contribution in [0.4, 0.5) is 0 Å². The van der Waals surface area contributed by atoms with Gasteiger partial charge in [0.15, 0.2) is 0 Å². The first-order valence-electron chi connectivity index (χ1n) is 6.30. The van der Waals surface area contributed by atoms with Crippen LogP contribution in [0.15, 0.2) is 18.2 Å². The number of halogens is 1. The molecule has 1 amide bonds. The Hall–Kier alpha value is -1.22. The summed E-state index contributed by atoms with van der Waals surface area (Å²) in [5.74, 6) is 0.492. The van der Waals surface area contributed by atoms with Gasteiger partial charge in [-0.05, 0) is 49.4 Å². The summed E-state index contributed by atoms with van der Waals surface area (Å²) in [5, 5.41) is 12.5. The van der Waals surface area contributed by atoms with Crippen LogP contribution in [0.2, 0.25) is 0 Å². The normalized spacial score (nSPS) is 23.0. The number of amides is 1. The molecule has 2 rings (SSSR count). The van der Waals surface area contributed by atoms with E-state index in [-0.39, 0.29) is 17.0 Å². The summed E-state index contributed by atoms with van der Waals surface area (Å²) in [4.78, 5) is 11.9. The Morgan fingerprint density at radius 3 is 2.89 bits per heavy atom.